The van der Waals surface area contributed by atoms with Gasteiger partial charge in [0.15, 0.2) is 25.9 Å². The number of carbonyl (C=O) groups excluding carboxylic acids is 6. The van der Waals surface area contributed by atoms with E-state index in [9.17, 15) is 37.2 Å². The van der Waals surface area contributed by atoms with Crippen molar-refractivity contribution >= 4 is 80.5 Å². The van der Waals surface area contributed by atoms with Crippen LogP contribution in [0.2, 0.25) is 5.02 Å². The van der Waals surface area contributed by atoms with E-state index in [4.69, 9.17) is 49.6 Å². The van der Waals surface area contributed by atoms with Crippen LogP contribution in [0.25, 0.3) is 0 Å². The minimum absolute atomic E-state index is 0.0430. The SMILES string of the molecule is CC(=O)OCC(=O)N(C[C@@H](COc1nsnc1N1CCOCC1)OC(=O)COC(=O)CN(C)C(=O)COC(=O)c1cc(S(N)(=O)=O)c(Cl)cc1NCc1ccco1)C(C)(C)C. The van der Waals surface area contributed by atoms with Gasteiger partial charge in [0.25, 0.3) is 17.7 Å². The molecule has 3 N–H and O–H groups in total. The first-order valence-electron chi connectivity index (χ1n) is 18.3. The van der Waals surface area contributed by atoms with Gasteiger partial charge in [0, 0.05) is 32.6 Å². The van der Waals surface area contributed by atoms with Crippen LogP contribution in [0, 0.1) is 0 Å². The minimum atomic E-state index is -4.37. The number of rotatable bonds is 20. The van der Waals surface area contributed by atoms with Crippen molar-refractivity contribution in [1.29, 1.82) is 0 Å². The molecule has 2 amide bonds. The van der Waals surface area contributed by atoms with E-state index in [1.807, 2.05) is 4.90 Å². The van der Waals surface area contributed by atoms with Crippen molar-refractivity contribution in [2.45, 2.75) is 50.8 Å². The smallest absolute Gasteiger partial charge is 0.344 e. The van der Waals surface area contributed by atoms with E-state index < -0.39 is 88.6 Å². The average molecular weight is 916 g/mol. The molecule has 22 nitrogen and oxygen atoms in total. The maximum atomic E-state index is 13.1. The summed E-state index contributed by atoms with van der Waals surface area (Å²) in [4.78, 5) is 79.8. The Labute approximate surface area is 359 Å². The summed E-state index contributed by atoms with van der Waals surface area (Å²) in [6.45, 7) is 4.82. The van der Waals surface area contributed by atoms with Crippen LogP contribution in [-0.4, -0.2) is 147 Å². The molecule has 0 radical (unpaired) electrons. The molecule has 1 aliphatic heterocycles. The summed E-state index contributed by atoms with van der Waals surface area (Å²) >= 11 is 7.03. The number of morpholine rings is 1. The first-order chi connectivity index (χ1) is 28.7. The van der Waals surface area contributed by atoms with Crippen LogP contribution in [0.1, 0.15) is 43.8 Å². The van der Waals surface area contributed by atoms with Gasteiger partial charge in [0.1, 0.15) is 23.8 Å². The number of esters is 4. The number of ether oxygens (including phenoxy) is 6. The van der Waals surface area contributed by atoms with Crippen LogP contribution < -0.4 is 20.1 Å². The molecule has 1 saturated heterocycles. The van der Waals surface area contributed by atoms with Gasteiger partial charge in [-0.25, -0.2) is 23.1 Å². The second-order valence-corrected chi connectivity index (χ2v) is 16.6. The highest BCUT2D eigenvalue weighted by atomic mass is 35.5. The first-order valence-corrected chi connectivity index (χ1v) is 21.0. The summed E-state index contributed by atoms with van der Waals surface area (Å²) in [5, 5.41) is 7.85. The van der Waals surface area contributed by atoms with Crippen molar-refractivity contribution in [1.82, 2.24) is 18.5 Å². The summed E-state index contributed by atoms with van der Waals surface area (Å²) in [5.74, 6) is -4.23. The maximum absolute atomic E-state index is 13.1. The van der Waals surface area contributed by atoms with Crippen LogP contribution in [0.3, 0.4) is 0 Å². The number of nitrogens with one attached hydrogen (secondary N) is 1. The van der Waals surface area contributed by atoms with E-state index in [2.05, 4.69) is 14.1 Å². The van der Waals surface area contributed by atoms with Gasteiger partial charge < -0.3 is 52.9 Å². The number of nitrogens with two attached hydrogens (primary N) is 1. The number of carbonyl (C=O) groups is 6. The Hall–Kier alpha value is -5.56. The molecule has 334 valence electrons. The number of likely N-dealkylation sites (N-methyl/N-ethyl adjacent to an activating group) is 1. The van der Waals surface area contributed by atoms with E-state index in [1.54, 1.807) is 32.9 Å². The highest BCUT2D eigenvalue weighted by Gasteiger charge is 2.32. The van der Waals surface area contributed by atoms with E-state index in [-0.39, 0.29) is 41.8 Å². The lowest BCUT2D eigenvalue weighted by molar-refractivity contribution is -0.167. The third kappa shape index (κ3) is 14.8. The third-order valence-corrected chi connectivity index (χ3v) is 10.3. The fraction of sp³-hybridized carbons (Fsp3) is 0.500. The van der Waals surface area contributed by atoms with Crippen molar-refractivity contribution in [3.8, 4) is 5.88 Å². The number of primary sulfonamides is 1. The molecule has 0 unspecified atom stereocenters. The van der Waals surface area contributed by atoms with Crippen molar-refractivity contribution in [3.63, 3.8) is 0 Å². The Morgan fingerprint density at radius 2 is 1.72 bits per heavy atom. The fourth-order valence-electron chi connectivity index (χ4n) is 5.41. The quantitative estimate of drug-likeness (QED) is 0.119. The predicted octanol–water partition coefficient (Wildman–Crippen LogP) is 1.22. The zero-order chi connectivity index (χ0) is 44.9. The van der Waals surface area contributed by atoms with E-state index in [0.717, 1.165) is 35.7 Å². The average Bonchev–Trinajstić information content (AvgIpc) is 3.90. The number of benzene rings is 1. The lowest BCUT2D eigenvalue weighted by Crippen LogP contribution is -2.52. The monoisotopic (exact) mass is 915 g/mol. The topological polar surface area (TPSA) is 279 Å². The van der Waals surface area contributed by atoms with Gasteiger partial charge >= 0.3 is 23.9 Å². The van der Waals surface area contributed by atoms with Crippen LogP contribution >= 0.6 is 23.3 Å². The molecule has 1 fully saturated rings. The van der Waals surface area contributed by atoms with Gasteiger partial charge in [-0.2, -0.15) is 4.37 Å². The summed E-state index contributed by atoms with van der Waals surface area (Å²) in [7, 11) is -3.17. The zero-order valence-electron chi connectivity index (χ0n) is 33.9. The third-order valence-electron chi connectivity index (χ3n) is 8.45. The molecule has 3 aromatic rings. The van der Waals surface area contributed by atoms with E-state index in [0.29, 0.717) is 37.9 Å². The van der Waals surface area contributed by atoms with Gasteiger partial charge in [0.05, 0.1) is 60.6 Å². The van der Waals surface area contributed by atoms with Crippen LogP contribution in [0.5, 0.6) is 5.88 Å². The molecule has 0 bridgehead atoms. The number of hydrogen-bond donors (Lipinski definition) is 2. The van der Waals surface area contributed by atoms with Gasteiger partial charge in [-0.15, -0.1) is 4.37 Å². The molecule has 1 atom stereocenters. The molecule has 1 aliphatic rings. The van der Waals surface area contributed by atoms with Gasteiger partial charge in [0.2, 0.25) is 15.8 Å². The number of nitrogens with zero attached hydrogens (tertiary/aromatic N) is 5. The summed E-state index contributed by atoms with van der Waals surface area (Å²) in [6.07, 6.45) is 0.265. The summed E-state index contributed by atoms with van der Waals surface area (Å²) in [5.41, 5.74) is -1.12. The molecule has 2 aromatic heterocycles. The number of anilines is 2. The van der Waals surface area contributed by atoms with Crippen molar-refractivity contribution in [3.05, 3.63) is 46.9 Å². The Morgan fingerprint density at radius 3 is 2.36 bits per heavy atom. The predicted molar refractivity (Wildman–Crippen MR) is 214 cm³/mol. The molecule has 61 heavy (non-hydrogen) atoms. The molecular formula is C36H46ClN7O15S2. The van der Waals surface area contributed by atoms with E-state index >= 15 is 0 Å². The number of furan rings is 1. The lowest BCUT2D eigenvalue weighted by Gasteiger charge is -2.37. The van der Waals surface area contributed by atoms with Gasteiger partial charge in [-0.1, -0.05) is 11.6 Å². The van der Waals surface area contributed by atoms with Gasteiger partial charge in [-0.05, 0) is 45.0 Å². The maximum Gasteiger partial charge on any atom is 0.344 e. The number of amides is 2. The van der Waals surface area contributed by atoms with E-state index in [1.165, 1.54) is 18.2 Å². The molecule has 0 saturated carbocycles. The second kappa shape index (κ2) is 21.8. The Morgan fingerprint density at radius 1 is 1.02 bits per heavy atom. The zero-order valence-corrected chi connectivity index (χ0v) is 36.3. The molecular weight excluding hydrogens is 870 g/mol. The standard InChI is InChI=1S/C36H46ClN7O15S2/c1-22(45)55-20-30(47)44(36(2,3)4)16-24(18-57-34-33(40-60-41-34)43-8-11-53-12-9-43)59-32(49)21-56-31(48)17-42(5)29(46)19-58-35(50)25-13-28(61(38,51)52)26(37)14-27(25)39-15-23-7-6-10-54-23/h6-7,10,13-14,24,39H,8-9,11-12,15-21H2,1-5H3,(H2,38,51,52)/t24-/m0/s1. The number of halogens is 1. The van der Waals surface area contributed by atoms with Crippen molar-refractivity contribution < 1.29 is 70.0 Å². The molecule has 0 aliphatic carbocycles. The van der Waals surface area contributed by atoms with Crippen molar-refractivity contribution in [2.75, 3.05) is 83.1 Å². The summed E-state index contributed by atoms with van der Waals surface area (Å²) in [6, 6.07) is 5.32. The van der Waals surface area contributed by atoms with Crippen LogP contribution in [-0.2, 0) is 64.2 Å². The molecule has 0 spiro atoms. The van der Waals surface area contributed by atoms with Crippen molar-refractivity contribution in [2.24, 2.45) is 5.14 Å². The molecule has 25 heteroatoms. The fourth-order valence-corrected chi connectivity index (χ4v) is 7.03. The second-order valence-electron chi connectivity index (χ2n) is 14.2. The number of aromatic nitrogens is 2. The minimum Gasteiger partial charge on any atom is -0.470 e. The van der Waals surface area contributed by atoms with Gasteiger partial charge in [-0.3, -0.25) is 19.2 Å². The van der Waals surface area contributed by atoms with Crippen LogP contribution in [0.4, 0.5) is 11.5 Å². The molecule has 3 heterocycles. The Kier molecular flexibility index (Phi) is 17.2. The molecule has 4 rings (SSSR count). The highest BCUT2D eigenvalue weighted by Crippen LogP contribution is 2.30. The number of sulfonamides is 1. The number of hydrogen-bond acceptors (Lipinski definition) is 20. The lowest BCUT2D eigenvalue weighted by atomic mass is 10.1. The Bertz CT molecular complexity index is 2140. The largest absolute Gasteiger partial charge is 0.470 e. The molecule has 1 aromatic carbocycles. The first kappa shape index (κ1) is 48.1. The van der Waals surface area contributed by atoms with Crippen LogP contribution in [0.15, 0.2) is 39.8 Å². The highest BCUT2D eigenvalue weighted by molar-refractivity contribution is 7.89. The normalized spacial score (nSPS) is 13.4. The summed E-state index contributed by atoms with van der Waals surface area (Å²) < 4.78 is 70.0. The Balaban J connectivity index is 1.36.